The SMILES string of the molecule is Clc1cc2ccc3ccccc3c2c2oc3c4ccccc4ccc3c12. The Morgan fingerprint density at radius 3 is 2.04 bits per heavy atom. The van der Waals surface area contributed by atoms with Crippen molar-refractivity contribution in [2.75, 3.05) is 0 Å². The first-order chi connectivity index (χ1) is 12.8. The highest BCUT2D eigenvalue weighted by Gasteiger charge is 2.17. The van der Waals surface area contributed by atoms with Crippen molar-refractivity contribution in [3.63, 3.8) is 0 Å². The van der Waals surface area contributed by atoms with Crippen molar-refractivity contribution >= 4 is 65.9 Å². The summed E-state index contributed by atoms with van der Waals surface area (Å²) < 4.78 is 6.48. The fraction of sp³-hybridized carbons (Fsp3) is 0. The molecule has 6 aromatic rings. The van der Waals surface area contributed by atoms with Crippen LogP contribution in [-0.2, 0) is 0 Å². The molecule has 26 heavy (non-hydrogen) atoms. The standard InChI is InChI=1S/C24H13ClO/c25-20-13-16-10-9-14-5-1-3-7-17(14)21(16)24-22(20)19-12-11-15-6-2-4-8-18(15)23(19)26-24/h1-13H. The zero-order valence-corrected chi connectivity index (χ0v) is 14.5. The molecule has 1 nitrogen and oxygen atoms in total. The van der Waals surface area contributed by atoms with E-state index in [1.807, 2.05) is 12.1 Å². The Morgan fingerprint density at radius 1 is 0.538 bits per heavy atom. The number of fused-ring (bicyclic) bond motifs is 9. The van der Waals surface area contributed by atoms with Crippen LogP contribution in [0.5, 0.6) is 0 Å². The van der Waals surface area contributed by atoms with Crippen molar-refractivity contribution in [3.05, 3.63) is 83.9 Å². The molecule has 5 aromatic carbocycles. The maximum Gasteiger partial charge on any atom is 0.145 e. The molecule has 0 saturated carbocycles. The molecule has 2 heteroatoms. The van der Waals surface area contributed by atoms with Crippen molar-refractivity contribution in [2.45, 2.75) is 0 Å². The summed E-state index contributed by atoms with van der Waals surface area (Å²) in [6.07, 6.45) is 0. The predicted molar refractivity (Wildman–Crippen MR) is 111 cm³/mol. The fourth-order valence-corrected chi connectivity index (χ4v) is 4.41. The third-order valence-electron chi connectivity index (χ3n) is 5.29. The number of benzene rings is 5. The minimum absolute atomic E-state index is 0.733. The van der Waals surface area contributed by atoms with Crippen molar-refractivity contribution in [1.29, 1.82) is 0 Å². The molecule has 0 fully saturated rings. The summed E-state index contributed by atoms with van der Waals surface area (Å²) in [5.41, 5.74) is 1.77. The summed E-state index contributed by atoms with van der Waals surface area (Å²) in [4.78, 5) is 0. The summed E-state index contributed by atoms with van der Waals surface area (Å²) in [5, 5.41) is 9.71. The Balaban J connectivity index is 1.96. The van der Waals surface area contributed by atoms with Crippen LogP contribution in [0.1, 0.15) is 0 Å². The van der Waals surface area contributed by atoms with Crippen LogP contribution in [0.3, 0.4) is 0 Å². The fourth-order valence-electron chi connectivity index (χ4n) is 4.11. The molecule has 0 saturated heterocycles. The van der Waals surface area contributed by atoms with Gasteiger partial charge in [0.2, 0.25) is 0 Å². The van der Waals surface area contributed by atoms with Gasteiger partial charge in [0.25, 0.3) is 0 Å². The Labute approximate surface area is 154 Å². The lowest BCUT2D eigenvalue weighted by Crippen LogP contribution is -1.80. The summed E-state index contributed by atoms with van der Waals surface area (Å²) in [6.45, 7) is 0. The molecule has 0 aliphatic heterocycles. The average Bonchev–Trinajstić information content (AvgIpc) is 3.08. The lowest BCUT2D eigenvalue weighted by atomic mass is 9.99. The van der Waals surface area contributed by atoms with Gasteiger partial charge in [-0.25, -0.2) is 0 Å². The first kappa shape index (κ1) is 14.2. The number of halogens is 1. The molecule has 1 heterocycles. The molecule has 122 valence electrons. The van der Waals surface area contributed by atoms with Crippen molar-refractivity contribution < 1.29 is 4.42 Å². The molecule has 0 aliphatic rings. The lowest BCUT2D eigenvalue weighted by molar-refractivity contribution is 0.677. The predicted octanol–water partition coefficient (Wildman–Crippen LogP) is 7.70. The Kier molecular flexibility index (Phi) is 2.72. The maximum absolute atomic E-state index is 6.70. The largest absolute Gasteiger partial charge is 0.455 e. The van der Waals surface area contributed by atoms with Gasteiger partial charge in [-0.2, -0.15) is 0 Å². The van der Waals surface area contributed by atoms with Crippen LogP contribution in [0.2, 0.25) is 5.02 Å². The second kappa shape index (κ2) is 5.00. The second-order valence-electron chi connectivity index (χ2n) is 6.71. The smallest absolute Gasteiger partial charge is 0.145 e. The van der Waals surface area contributed by atoms with E-state index in [2.05, 4.69) is 66.7 Å². The number of furan rings is 1. The highest BCUT2D eigenvalue weighted by atomic mass is 35.5. The molecule has 6 rings (SSSR count). The Hall–Kier alpha value is -3.03. The lowest BCUT2D eigenvalue weighted by Gasteiger charge is -2.05. The van der Waals surface area contributed by atoms with Crippen LogP contribution < -0.4 is 0 Å². The van der Waals surface area contributed by atoms with E-state index in [1.54, 1.807) is 0 Å². The molecule has 0 aliphatic carbocycles. The molecule has 0 unspecified atom stereocenters. The highest BCUT2D eigenvalue weighted by molar-refractivity contribution is 6.41. The summed E-state index contributed by atoms with van der Waals surface area (Å²) >= 11 is 6.70. The molecular weight excluding hydrogens is 340 g/mol. The molecule has 0 atom stereocenters. The second-order valence-corrected chi connectivity index (χ2v) is 7.12. The monoisotopic (exact) mass is 352 g/mol. The van der Waals surface area contributed by atoms with E-state index in [0.29, 0.717) is 0 Å². The van der Waals surface area contributed by atoms with E-state index in [0.717, 1.165) is 43.1 Å². The first-order valence-electron chi connectivity index (χ1n) is 8.65. The van der Waals surface area contributed by atoms with E-state index in [9.17, 15) is 0 Å². The number of hydrogen-bond donors (Lipinski definition) is 0. The van der Waals surface area contributed by atoms with Crippen LogP contribution in [0.25, 0.3) is 54.3 Å². The van der Waals surface area contributed by atoms with Crippen LogP contribution in [0.15, 0.2) is 83.3 Å². The van der Waals surface area contributed by atoms with Gasteiger partial charge in [0, 0.05) is 21.5 Å². The summed E-state index contributed by atoms with van der Waals surface area (Å²) in [6, 6.07) is 27.3. The zero-order valence-electron chi connectivity index (χ0n) is 13.8. The van der Waals surface area contributed by atoms with Gasteiger partial charge in [-0.15, -0.1) is 0 Å². The molecule has 0 amide bonds. The third kappa shape index (κ3) is 1.76. The average molecular weight is 353 g/mol. The molecule has 1 aromatic heterocycles. The molecule has 0 spiro atoms. The maximum atomic E-state index is 6.70. The van der Waals surface area contributed by atoms with Gasteiger partial charge in [0.05, 0.1) is 5.02 Å². The van der Waals surface area contributed by atoms with Crippen LogP contribution >= 0.6 is 11.6 Å². The normalized spacial score (nSPS) is 12.0. The van der Waals surface area contributed by atoms with Gasteiger partial charge in [-0.1, -0.05) is 78.3 Å². The van der Waals surface area contributed by atoms with Gasteiger partial charge in [0.1, 0.15) is 11.2 Å². The molecule has 0 bridgehead atoms. The van der Waals surface area contributed by atoms with Gasteiger partial charge in [-0.3, -0.25) is 0 Å². The topological polar surface area (TPSA) is 13.1 Å². The minimum Gasteiger partial charge on any atom is -0.455 e. The first-order valence-corrected chi connectivity index (χ1v) is 9.03. The van der Waals surface area contributed by atoms with E-state index in [1.165, 1.54) is 16.2 Å². The van der Waals surface area contributed by atoms with Gasteiger partial charge in [-0.05, 0) is 33.7 Å². The Morgan fingerprint density at radius 2 is 1.19 bits per heavy atom. The zero-order chi connectivity index (χ0) is 17.3. The molecule has 0 N–H and O–H groups in total. The van der Waals surface area contributed by atoms with Gasteiger partial charge < -0.3 is 4.42 Å². The number of hydrogen-bond acceptors (Lipinski definition) is 1. The van der Waals surface area contributed by atoms with E-state index < -0.39 is 0 Å². The van der Waals surface area contributed by atoms with Gasteiger partial charge >= 0.3 is 0 Å². The number of rotatable bonds is 0. The molecular formula is C24H13ClO. The quantitative estimate of drug-likeness (QED) is 0.255. The van der Waals surface area contributed by atoms with Crippen molar-refractivity contribution in [1.82, 2.24) is 0 Å². The third-order valence-corrected chi connectivity index (χ3v) is 5.59. The summed E-state index contributed by atoms with van der Waals surface area (Å²) in [7, 11) is 0. The Bertz CT molecular complexity index is 1490. The van der Waals surface area contributed by atoms with Crippen molar-refractivity contribution in [2.24, 2.45) is 0 Å². The van der Waals surface area contributed by atoms with Crippen molar-refractivity contribution in [3.8, 4) is 0 Å². The molecule has 0 radical (unpaired) electrons. The van der Waals surface area contributed by atoms with E-state index >= 15 is 0 Å². The van der Waals surface area contributed by atoms with Crippen LogP contribution in [0.4, 0.5) is 0 Å². The van der Waals surface area contributed by atoms with Gasteiger partial charge in [0.15, 0.2) is 0 Å². The van der Waals surface area contributed by atoms with E-state index in [-0.39, 0.29) is 0 Å². The summed E-state index contributed by atoms with van der Waals surface area (Å²) in [5.74, 6) is 0. The highest BCUT2D eigenvalue weighted by Crippen LogP contribution is 2.43. The minimum atomic E-state index is 0.733. The van der Waals surface area contributed by atoms with Crippen LogP contribution in [0, 0.1) is 0 Å². The van der Waals surface area contributed by atoms with E-state index in [4.69, 9.17) is 16.0 Å². The van der Waals surface area contributed by atoms with Crippen LogP contribution in [-0.4, -0.2) is 0 Å².